The number of carbonyl (C=O) groups excluding carboxylic acids is 1. The van der Waals surface area contributed by atoms with Crippen LogP contribution in [0.5, 0.6) is 0 Å². The monoisotopic (exact) mass is 435 g/mol. The van der Waals surface area contributed by atoms with Gasteiger partial charge in [-0.1, -0.05) is 51.8 Å². The van der Waals surface area contributed by atoms with E-state index in [1.807, 2.05) is 26.0 Å². The van der Waals surface area contributed by atoms with E-state index in [0.29, 0.717) is 18.2 Å². The molecule has 6 heteroatoms. The zero-order valence-corrected chi connectivity index (χ0v) is 18.8. The summed E-state index contributed by atoms with van der Waals surface area (Å²) in [6.45, 7) is 7.73. The number of nitrogens with zero attached hydrogens (tertiary/aromatic N) is 1. The van der Waals surface area contributed by atoms with Gasteiger partial charge >= 0.3 is 6.09 Å². The molecule has 2 rings (SSSR count). The molecule has 0 radical (unpaired) electrons. The number of aryl methyl sites for hydroxylation is 1. The molecule has 0 heterocycles. The molecule has 2 aromatic rings. The highest BCUT2D eigenvalue weighted by Crippen LogP contribution is 2.28. The first-order valence-corrected chi connectivity index (χ1v) is 11.0. The molecule has 31 heavy (non-hydrogen) atoms. The lowest BCUT2D eigenvalue weighted by Gasteiger charge is -2.30. The van der Waals surface area contributed by atoms with Gasteiger partial charge in [0.2, 0.25) is 0 Å². The Labute approximate surface area is 183 Å². The molecule has 2 aromatic carbocycles. The molecule has 0 unspecified atom stereocenters. The summed E-state index contributed by atoms with van der Waals surface area (Å²) in [5, 5.41) is 0. The summed E-state index contributed by atoms with van der Waals surface area (Å²) in [5.74, 6) is -3.10. The maximum absolute atomic E-state index is 14.3. The topological polar surface area (TPSA) is 29.5 Å². The van der Waals surface area contributed by atoms with Crippen molar-refractivity contribution in [3.8, 4) is 0 Å². The van der Waals surface area contributed by atoms with Gasteiger partial charge in [0.25, 0.3) is 0 Å². The molecule has 0 N–H and O–H groups in total. The minimum absolute atomic E-state index is 0.120. The molecule has 0 fully saturated rings. The number of ether oxygens (including phenoxy) is 1. The van der Waals surface area contributed by atoms with Crippen LogP contribution in [-0.2, 0) is 11.3 Å². The predicted molar refractivity (Wildman–Crippen MR) is 118 cm³/mol. The molecule has 0 saturated heterocycles. The summed E-state index contributed by atoms with van der Waals surface area (Å²) in [6, 6.07) is 8.43. The third-order valence-corrected chi connectivity index (χ3v) is 5.54. The van der Waals surface area contributed by atoms with Gasteiger partial charge < -0.3 is 4.74 Å². The Morgan fingerprint density at radius 3 is 2.16 bits per heavy atom. The summed E-state index contributed by atoms with van der Waals surface area (Å²) in [4.78, 5) is 14.6. The molecular weight excluding hydrogens is 403 g/mol. The molecule has 1 amide bonds. The van der Waals surface area contributed by atoms with E-state index in [4.69, 9.17) is 4.74 Å². The summed E-state index contributed by atoms with van der Waals surface area (Å²) in [5.41, 5.74) is 1.20. The van der Waals surface area contributed by atoms with Crippen LogP contribution in [0, 0.1) is 30.3 Å². The Kier molecular flexibility index (Phi) is 9.41. The number of hydrogen-bond acceptors (Lipinski definition) is 2. The minimum atomic E-state index is -1.26. The maximum Gasteiger partial charge on any atom is 0.414 e. The van der Waals surface area contributed by atoms with E-state index < -0.39 is 23.5 Å². The van der Waals surface area contributed by atoms with Crippen LogP contribution in [0.4, 0.5) is 23.7 Å². The Hall–Kier alpha value is -2.50. The van der Waals surface area contributed by atoms with E-state index in [1.54, 1.807) is 12.1 Å². The molecule has 0 aliphatic heterocycles. The number of para-hydroxylation sites is 1. The molecule has 0 saturated carbocycles. The fourth-order valence-electron chi connectivity index (χ4n) is 3.93. The summed E-state index contributed by atoms with van der Waals surface area (Å²) >= 11 is 0. The zero-order valence-electron chi connectivity index (χ0n) is 18.8. The van der Waals surface area contributed by atoms with E-state index in [9.17, 15) is 18.0 Å². The molecule has 0 bridgehead atoms. The fraction of sp³-hybridized carbons (Fsp3) is 0.480. The molecule has 3 nitrogen and oxygen atoms in total. The van der Waals surface area contributed by atoms with Gasteiger partial charge in [-0.2, -0.15) is 0 Å². The third-order valence-electron chi connectivity index (χ3n) is 5.54. The van der Waals surface area contributed by atoms with Crippen LogP contribution in [0.2, 0.25) is 0 Å². The number of hydrogen-bond donors (Lipinski definition) is 0. The lowest BCUT2D eigenvalue weighted by molar-refractivity contribution is 0.0566. The first-order chi connectivity index (χ1) is 14.8. The second kappa shape index (κ2) is 11.8. The SMILES string of the molecule is CCCC(CCC)[C@H](CC)OC(=O)N(Cc1cc(F)c(F)cc1F)c1ccccc1C. The molecule has 0 aliphatic rings. The van der Waals surface area contributed by atoms with Crippen LogP contribution in [0.25, 0.3) is 0 Å². The number of benzene rings is 2. The van der Waals surface area contributed by atoms with Crippen LogP contribution >= 0.6 is 0 Å². The normalized spacial score (nSPS) is 12.1. The summed E-state index contributed by atoms with van der Waals surface area (Å²) in [6.07, 6.45) is 3.64. The van der Waals surface area contributed by atoms with E-state index >= 15 is 0 Å². The quantitative estimate of drug-likeness (QED) is 0.361. The van der Waals surface area contributed by atoms with Crippen LogP contribution < -0.4 is 4.90 Å². The Bertz CT molecular complexity index is 866. The smallest absolute Gasteiger partial charge is 0.414 e. The lowest BCUT2D eigenvalue weighted by Crippen LogP contribution is -2.37. The largest absolute Gasteiger partial charge is 0.446 e. The van der Waals surface area contributed by atoms with Gasteiger partial charge in [-0.3, -0.25) is 4.90 Å². The molecule has 1 atom stereocenters. The highest BCUT2D eigenvalue weighted by Gasteiger charge is 2.28. The molecule has 0 spiro atoms. The molecule has 0 aromatic heterocycles. The van der Waals surface area contributed by atoms with Crippen molar-refractivity contribution in [2.45, 2.75) is 72.4 Å². The van der Waals surface area contributed by atoms with Crippen molar-refractivity contribution in [2.75, 3.05) is 4.90 Å². The number of rotatable bonds is 10. The standard InChI is InChI=1S/C25H32F3NO2/c1-5-10-18(11-6-2)24(7-3)31-25(30)29(23-13-9-8-12-17(23)4)16-19-14-21(27)22(28)15-20(19)26/h8-9,12-15,18,24H,5-7,10-11,16H2,1-4H3/t24-/m0/s1. The highest BCUT2D eigenvalue weighted by atomic mass is 19.2. The van der Waals surface area contributed by atoms with E-state index in [1.165, 1.54) is 4.90 Å². The van der Waals surface area contributed by atoms with Gasteiger partial charge in [-0.25, -0.2) is 18.0 Å². The summed E-state index contributed by atoms with van der Waals surface area (Å²) < 4.78 is 47.4. The molecule has 0 aliphatic carbocycles. The number of amides is 1. The van der Waals surface area contributed by atoms with Crippen LogP contribution in [0.3, 0.4) is 0 Å². The van der Waals surface area contributed by atoms with Crippen molar-refractivity contribution in [1.82, 2.24) is 0 Å². The maximum atomic E-state index is 14.3. The van der Waals surface area contributed by atoms with Crippen molar-refractivity contribution in [3.05, 3.63) is 65.0 Å². The zero-order chi connectivity index (χ0) is 23.0. The van der Waals surface area contributed by atoms with Crippen molar-refractivity contribution >= 4 is 11.8 Å². The average molecular weight is 436 g/mol. The van der Waals surface area contributed by atoms with Crippen molar-refractivity contribution < 1.29 is 22.7 Å². The van der Waals surface area contributed by atoms with Crippen LogP contribution in [0.15, 0.2) is 36.4 Å². The fourth-order valence-corrected chi connectivity index (χ4v) is 3.93. The van der Waals surface area contributed by atoms with Crippen molar-refractivity contribution in [3.63, 3.8) is 0 Å². The van der Waals surface area contributed by atoms with Gasteiger partial charge in [0.05, 0.1) is 12.2 Å². The van der Waals surface area contributed by atoms with Crippen molar-refractivity contribution in [2.24, 2.45) is 5.92 Å². The predicted octanol–water partition coefficient (Wildman–Crippen LogP) is 7.55. The second-order valence-corrected chi connectivity index (χ2v) is 7.90. The highest BCUT2D eigenvalue weighted by molar-refractivity contribution is 5.88. The molecular formula is C25H32F3NO2. The Balaban J connectivity index is 2.37. The Morgan fingerprint density at radius 1 is 0.968 bits per heavy atom. The van der Waals surface area contributed by atoms with E-state index in [-0.39, 0.29) is 24.1 Å². The van der Waals surface area contributed by atoms with Crippen LogP contribution in [-0.4, -0.2) is 12.2 Å². The Morgan fingerprint density at radius 2 is 1.58 bits per heavy atom. The van der Waals surface area contributed by atoms with Gasteiger partial charge in [-0.05, 0) is 49.8 Å². The average Bonchev–Trinajstić information content (AvgIpc) is 2.74. The second-order valence-electron chi connectivity index (χ2n) is 7.90. The van der Waals surface area contributed by atoms with Gasteiger partial charge in [0.1, 0.15) is 11.9 Å². The number of anilines is 1. The van der Waals surface area contributed by atoms with Gasteiger partial charge in [-0.15, -0.1) is 0 Å². The molecule has 170 valence electrons. The van der Waals surface area contributed by atoms with E-state index in [2.05, 4.69) is 13.8 Å². The van der Waals surface area contributed by atoms with E-state index in [0.717, 1.165) is 37.3 Å². The lowest BCUT2D eigenvalue weighted by atomic mass is 9.91. The minimum Gasteiger partial charge on any atom is -0.446 e. The number of halogens is 3. The van der Waals surface area contributed by atoms with Gasteiger partial charge in [0, 0.05) is 11.6 Å². The van der Waals surface area contributed by atoms with Gasteiger partial charge in [0.15, 0.2) is 11.6 Å². The first kappa shape index (κ1) is 24.8. The third kappa shape index (κ3) is 6.49. The van der Waals surface area contributed by atoms with Crippen molar-refractivity contribution in [1.29, 1.82) is 0 Å². The number of carbonyl (C=O) groups is 1. The van der Waals surface area contributed by atoms with Crippen LogP contribution in [0.1, 0.15) is 64.0 Å². The first-order valence-electron chi connectivity index (χ1n) is 11.0. The summed E-state index contributed by atoms with van der Waals surface area (Å²) in [7, 11) is 0.